The Hall–Kier alpha value is -3.17. The summed E-state index contributed by atoms with van der Waals surface area (Å²) in [7, 11) is -2.09. The zero-order valence-electron chi connectivity index (χ0n) is 18.6. The van der Waals surface area contributed by atoms with Crippen LogP contribution in [0.2, 0.25) is 0 Å². The lowest BCUT2D eigenvalue weighted by molar-refractivity contribution is -0.151. The highest BCUT2D eigenvalue weighted by Gasteiger charge is 2.33. The lowest BCUT2D eigenvalue weighted by atomic mass is 9.98. The SMILES string of the molecule is COc1ccc(S(=O)(=O)N2CCC(C(=O)OCc3nc(-c4ccccc4)oc3C)CC2)cc1. The fourth-order valence-corrected chi connectivity index (χ4v) is 5.22. The first-order chi connectivity index (χ1) is 15.9. The number of carbonyl (C=O) groups is 1. The molecule has 0 saturated carbocycles. The summed E-state index contributed by atoms with van der Waals surface area (Å²) in [6.07, 6.45) is 0.808. The average molecular weight is 471 g/mol. The molecule has 1 aliphatic heterocycles. The smallest absolute Gasteiger partial charge is 0.309 e. The fourth-order valence-electron chi connectivity index (χ4n) is 3.75. The van der Waals surface area contributed by atoms with Gasteiger partial charge in [-0.05, 0) is 56.2 Å². The molecule has 174 valence electrons. The molecule has 1 saturated heterocycles. The van der Waals surface area contributed by atoms with Gasteiger partial charge < -0.3 is 13.9 Å². The van der Waals surface area contributed by atoms with Crippen LogP contribution in [0, 0.1) is 12.8 Å². The van der Waals surface area contributed by atoms with Crippen molar-refractivity contribution in [2.24, 2.45) is 5.92 Å². The fraction of sp³-hybridized carbons (Fsp3) is 0.333. The minimum Gasteiger partial charge on any atom is -0.497 e. The van der Waals surface area contributed by atoms with Crippen LogP contribution in [0.25, 0.3) is 11.5 Å². The summed E-state index contributed by atoms with van der Waals surface area (Å²) >= 11 is 0. The Morgan fingerprint density at radius 1 is 1.09 bits per heavy atom. The second-order valence-corrected chi connectivity index (χ2v) is 9.79. The van der Waals surface area contributed by atoms with E-state index in [0.29, 0.717) is 35.9 Å². The van der Waals surface area contributed by atoms with Crippen LogP contribution < -0.4 is 4.74 Å². The summed E-state index contributed by atoms with van der Waals surface area (Å²) in [5.41, 5.74) is 1.42. The first kappa shape index (κ1) is 23.0. The molecule has 3 aromatic rings. The van der Waals surface area contributed by atoms with Crippen molar-refractivity contribution in [3.05, 3.63) is 66.1 Å². The maximum atomic E-state index is 12.9. The maximum Gasteiger partial charge on any atom is 0.309 e. The number of aryl methyl sites for hydroxylation is 1. The van der Waals surface area contributed by atoms with Crippen LogP contribution in [0.4, 0.5) is 0 Å². The van der Waals surface area contributed by atoms with Gasteiger partial charge in [0.15, 0.2) is 0 Å². The van der Waals surface area contributed by atoms with Crippen molar-refractivity contribution in [1.29, 1.82) is 0 Å². The van der Waals surface area contributed by atoms with Gasteiger partial charge in [0.2, 0.25) is 15.9 Å². The molecule has 2 heterocycles. The van der Waals surface area contributed by atoms with Crippen molar-refractivity contribution < 1.29 is 27.1 Å². The van der Waals surface area contributed by atoms with Crippen LogP contribution in [-0.4, -0.2) is 43.9 Å². The van der Waals surface area contributed by atoms with Gasteiger partial charge in [0.05, 0.1) is 17.9 Å². The van der Waals surface area contributed by atoms with Crippen molar-refractivity contribution >= 4 is 16.0 Å². The number of ether oxygens (including phenoxy) is 2. The number of methoxy groups -OCH3 is 1. The van der Waals surface area contributed by atoms with Gasteiger partial charge in [0.25, 0.3) is 0 Å². The Morgan fingerprint density at radius 3 is 2.39 bits per heavy atom. The van der Waals surface area contributed by atoms with Gasteiger partial charge in [0.1, 0.15) is 23.8 Å². The van der Waals surface area contributed by atoms with Crippen LogP contribution in [-0.2, 0) is 26.2 Å². The molecule has 0 bridgehead atoms. The number of carbonyl (C=O) groups excluding carboxylic acids is 1. The Bertz CT molecular complexity index is 1200. The second-order valence-electron chi connectivity index (χ2n) is 7.85. The number of aromatic nitrogens is 1. The Kier molecular flexibility index (Phi) is 6.80. The summed E-state index contributed by atoms with van der Waals surface area (Å²) in [5.74, 6) is 0.972. The third kappa shape index (κ3) is 5.09. The molecule has 4 rings (SSSR count). The molecule has 0 atom stereocenters. The van der Waals surface area contributed by atoms with E-state index in [9.17, 15) is 13.2 Å². The molecular weight excluding hydrogens is 444 g/mol. The first-order valence-electron chi connectivity index (χ1n) is 10.7. The van der Waals surface area contributed by atoms with E-state index in [1.165, 1.54) is 23.5 Å². The number of piperidine rings is 1. The van der Waals surface area contributed by atoms with Crippen LogP contribution in [0.3, 0.4) is 0 Å². The van der Waals surface area contributed by atoms with E-state index >= 15 is 0 Å². The molecular formula is C24H26N2O6S. The predicted molar refractivity (Wildman–Crippen MR) is 121 cm³/mol. The second kappa shape index (κ2) is 9.76. The predicted octanol–water partition coefficient (Wildman–Crippen LogP) is 3.80. The zero-order chi connectivity index (χ0) is 23.4. The topological polar surface area (TPSA) is 98.9 Å². The zero-order valence-corrected chi connectivity index (χ0v) is 19.4. The van der Waals surface area contributed by atoms with Crippen molar-refractivity contribution in [2.75, 3.05) is 20.2 Å². The first-order valence-corrected chi connectivity index (χ1v) is 12.1. The van der Waals surface area contributed by atoms with Crippen molar-refractivity contribution in [3.8, 4) is 17.2 Å². The summed E-state index contributed by atoms with van der Waals surface area (Å²) in [6, 6.07) is 15.8. The molecule has 8 nitrogen and oxygen atoms in total. The standard InChI is InChI=1S/C24H26N2O6S/c1-17-22(25-23(32-17)18-6-4-3-5-7-18)16-31-24(27)19-12-14-26(15-13-19)33(28,29)21-10-8-20(30-2)9-11-21/h3-11,19H,12-16H2,1-2H3. The van der Waals surface area contributed by atoms with E-state index < -0.39 is 10.0 Å². The summed E-state index contributed by atoms with van der Waals surface area (Å²) in [4.78, 5) is 17.2. The Labute approximate surface area is 193 Å². The molecule has 0 radical (unpaired) electrons. The van der Waals surface area contributed by atoms with Gasteiger partial charge >= 0.3 is 5.97 Å². The molecule has 0 amide bonds. The van der Waals surface area contributed by atoms with Crippen LogP contribution >= 0.6 is 0 Å². The Morgan fingerprint density at radius 2 is 1.76 bits per heavy atom. The van der Waals surface area contributed by atoms with E-state index in [4.69, 9.17) is 13.9 Å². The highest BCUT2D eigenvalue weighted by Crippen LogP contribution is 2.27. The minimum atomic E-state index is -3.62. The van der Waals surface area contributed by atoms with Crippen molar-refractivity contribution in [3.63, 3.8) is 0 Å². The number of oxazole rings is 1. The molecule has 9 heteroatoms. The number of hydrogen-bond donors (Lipinski definition) is 0. The highest BCUT2D eigenvalue weighted by atomic mass is 32.2. The molecule has 33 heavy (non-hydrogen) atoms. The van der Waals surface area contributed by atoms with Gasteiger partial charge in [-0.1, -0.05) is 18.2 Å². The van der Waals surface area contributed by atoms with Crippen molar-refractivity contribution in [2.45, 2.75) is 31.3 Å². The van der Waals surface area contributed by atoms with Gasteiger partial charge in [0, 0.05) is 18.7 Å². The van der Waals surface area contributed by atoms with Crippen LogP contribution in [0.5, 0.6) is 5.75 Å². The normalized spacial score (nSPS) is 15.3. The van der Waals surface area contributed by atoms with E-state index in [1.54, 1.807) is 19.1 Å². The molecule has 1 aromatic heterocycles. The number of benzene rings is 2. The van der Waals surface area contributed by atoms with E-state index in [-0.39, 0.29) is 36.5 Å². The third-order valence-electron chi connectivity index (χ3n) is 5.75. The quantitative estimate of drug-likeness (QED) is 0.484. The molecule has 2 aromatic carbocycles. The minimum absolute atomic E-state index is 0.0192. The number of rotatable bonds is 7. The summed E-state index contributed by atoms with van der Waals surface area (Å²) in [6.45, 7) is 2.32. The molecule has 1 aliphatic rings. The molecule has 0 aliphatic carbocycles. The average Bonchev–Trinajstić information content (AvgIpc) is 3.23. The monoisotopic (exact) mass is 470 g/mol. The van der Waals surface area contributed by atoms with E-state index in [2.05, 4.69) is 4.98 Å². The van der Waals surface area contributed by atoms with Crippen molar-refractivity contribution in [1.82, 2.24) is 9.29 Å². The maximum absolute atomic E-state index is 12.9. The van der Waals surface area contributed by atoms with E-state index in [1.807, 2.05) is 30.3 Å². The Balaban J connectivity index is 1.32. The highest BCUT2D eigenvalue weighted by molar-refractivity contribution is 7.89. The molecule has 0 spiro atoms. The summed E-state index contributed by atoms with van der Waals surface area (Å²) < 4.78 is 43.4. The van der Waals surface area contributed by atoms with Gasteiger partial charge in [-0.15, -0.1) is 0 Å². The lowest BCUT2D eigenvalue weighted by Gasteiger charge is -2.30. The summed E-state index contributed by atoms with van der Waals surface area (Å²) in [5, 5.41) is 0. The number of hydrogen-bond acceptors (Lipinski definition) is 7. The number of sulfonamides is 1. The molecule has 1 fully saturated rings. The molecule has 0 unspecified atom stereocenters. The number of nitrogens with zero attached hydrogens (tertiary/aromatic N) is 2. The molecule has 0 N–H and O–H groups in total. The number of esters is 1. The lowest BCUT2D eigenvalue weighted by Crippen LogP contribution is -2.40. The van der Waals surface area contributed by atoms with E-state index in [0.717, 1.165) is 5.56 Å². The largest absolute Gasteiger partial charge is 0.497 e. The van der Waals surface area contributed by atoms with Gasteiger partial charge in [-0.2, -0.15) is 4.31 Å². The van der Waals surface area contributed by atoms with Gasteiger partial charge in [-0.3, -0.25) is 4.79 Å². The van der Waals surface area contributed by atoms with Gasteiger partial charge in [-0.25, -0.2) is 13.4 Å². The van der Waals surface area contributed by atoms with Crippen LogP contribution in [0.1, 0.15) is 24.3 Å². The third-order valence-corrected chi connectivity index (χ3v) is 7.66. The van der Waals surface area contributed by atoms with Crippen LogP contribution in [0.15, 0.2) is 63.9 Å².